The maximum atomic E-state index is 9.38. The lowest BCUT2D eigenvalue weighted by Gasteiger charge is -2.32. The molecule has 1 aromatic rings. The number of rotatable bonds is 5. The van der Waals surface area contributed by atoms with Crippen LogP contribution in [0.1, 0.15) is 38.7 Å². The molecular formula is C16H25BO4. The van der Waals surface area contributed by atoms with Crippen molar-refractivity contribution >= 4 is 12.6 Å². The lowest BCUT2D eigenvalue weighted by molar-refractivity contribution is -0.00743. The van der Waals surface area contributed by atoms with Crippen LogP contribution in [0.2, 0.25) is 0 Å². The molecule has 0 aromatic heterocycles. The van der Waals surface area contributed by atoms with Gasteiger partial charge in [0, 0.05) is 5.46 Å². The molecule has 2 N–H and O–H groups in total. The van der Waals surface area contributed by atoms with Gasteiger partial charge < -0.3 is 19.5 Å². The first-order valence-corrected chi connectivity index (χ1v) is 7.65. The molecule has 0 heterocycles. The van der Waals surface area contributed by atoms with Gasteiger partial charge in [-0.15, -0.1) is 0 Å². The number of hydrogen-bond donors (Lipinski definition) is 2. The summed E-state index contributed by atoms with van der Waals surface area (Å²) in [6.45, 7) is 5.09. The predicted octanol–water partition coefficient (Wildman–Crippen LogP) is 1.72. The Morgan fingerprint density at radius 3 is 2.57 bits per heavy atom. The molecule has 4 nitrogen and oxygen atoms in total. The molecule has 1 aromatic carbocycles. The Labute approximate surface area is 127 Å². The summed E-state index contributed by atoms with van der Waals surface area (Å²) in [4.78, 5) is 0. The van der Waals surface area contributed by atoms with Gasteiger partial charge in [0.15, 0.2) is 0 Å². The van der Waals surface area contributed by atoms with Gasteiger partial charge in [0.2, 0.25) is 0 Å². The SMILES string of the molecule is COc1ccc(COC2CCC(C)C(C)C2)cc1B(O)O. The summed E-state index contributed by atoms with van der Waals surface area (Å²) in [5.74, 6) is 1.96. The first kappa shape index (κ1) is 16.3. The van der Waals surface area contributed by atoms with E-state index in [-0.39, 0.29) is 0 Å². The molecule has 0 bridgehead atoms. The Kier molecular flexibility index (Phi) is 5.68. The maximum Gasteiger partial charge on any atom is 0.492 e. The fourth-order valence-corrected chi connectivity index (χ4v) is 2.94. The smallest absolute Gasteiger partial charge is 0.492 e. The van der Waals surface area contributed by atoms with Crippen molar-refractivity contribution in [3.63, 3.8) is 0 Å². The highest BCUT2D eigenvalue weighted by Crippen LogP contribution is 2.31. The molecule has 1 aliphatic carbocycles. The van der Waals surface area contributed by atoms with Gasteiger partial charge in [0.1, 0.15) is 5.75 Å². The van der Waals surface area contributed by atoms with E-state index in [2.05, 4.69) is 13.8 Å². The Balaban J connectivity index is 1.96. The van der Waals surface area contributed by atoms with Crippen molar-refractivity contribution in [1.82, 2.24) is 0 Å². The number of hydrogen-bond acceptors (Lipinski definition) is 4. The standard InChI is InChI=1S/C16H25BO4/c1-11-4-6-14(8-12(11)2)21-10-13-5-7-16(20-3)15(9-13)17(18)19/h5,7,9,11-12,14,18-19H,4,6,8,10H2,1-3H3. The summed E-state index contributed by atoms with van der Waals surface area (Å²) in [6.07, 6.45) is 3.74. The van der Waals surface area contributed by atoms with Gasteiger partial charge >= 0.3 is 7.12 Å². The molecule has 2 rings (SSSR count). The van der Waals surface area contributed by atoms with E-state index in [1.807, 2.05) is 6.07 Å². The van der Waals surface area contributed by atoms with E-state index in [0.717, 1.165) is 24.3 Å². The fraction of sp³-hybridized carbons (Fsp3) is 0.625. The number of methoxy groups -OCH3 is 1. The van der Waals surface area contributed by atoms with Crippen LogP contribution in [0.4, 0.5) is 0 Å². The van der Waals surface area contributed by atoms with E-state index in [4.69, 9.17) is 9.47 Å². The summed E-state index contributed by atoms with van der Waals surface area (Å²) in [5, 5.41) is 18.8. The van der Waals surface area contributed by atoms with E-state index >= 15 is 0 Å². The van der Waals surface area contributed by atoms with Gasteiger partial charge in [-0.05, 0) is 42.7 Å². The summed E-state index contributed by atoms with van der Waals surface area (Å²) >= 11 is 0. The van der Waals surface area contributed by atoms with Crippen molar-refractivity contribution in [1.29, 1.82) is 0 Å². The minimum atomic E-state index is -1.53. The maximum absolute atomic E-state index is 9.38. The third-order valence-corrected chi connectivity index (χ3v) is 4.61. The molecule has 5 heteroatoms. The predicted molar refractivity (Wildman–Crippen MR) is 83.6 cm³/mol. The molecule has 1 fully saturated rings. The minimum absolute atomic E-state index is 0.306. The molecular weight excluding hydrogens is 267 g/mol. The lowest BCUT2D eigenvalue weighted by Crippen LogP contribution is -2.32. The Morgan fingerprint density at radius 2 is 1.95 bits per heavy atom. The van der Waals surface area contributed by atoms with E-state index in [9.17, 15) is 10.0 Å². The third kappa shape index (κ3) is 4.22. The van der Waals surface area contributed by atoms with Gasteiger partial charge in [-0.1, -0.05) is 26.0 Å². The van der Waals surface area contributed by atoms with Crippen LogP contribution >= 0.6 is 0 Å². The summed E-state index contributed by atoms with van der Waals surface area (Å²) in [7, 11) is -0.0161. The van der Waals surface area contributed by atoms with Crippen LogP contribution in [0.3, 0.4) is 0 Å². The summed E-state index contributed by atoms with van der Waals surface area (Å²) in [6, 6.07) is 5.39. The van der Waals surface area contributed by atoms with Crippen molar-refractivity contribution in [2.45, 2.75) is 45.8 Å². The van der Waals surface area contributed by atoms with Gasteiger partial charge in [-0.25, -0.2) is 0 Å². The highest BCUT2D eigenvalue weighted by atomic mass is 16.5. The highest BCUT2D eigenvalue weighted by molar-refractivity contribution is 6.59. The molecule has 21 heavy (non-hydrogen) atoms. The first-order chi connectivity index (χ1) is 10.0. The van der Waals surface area contributed by atoms with E-state index < -0.39 is 7.12 Å². The second kappa shape index (κ2) is 7.30. The Bertz CT molecular complexity index is 464. The van der Waals surface area contributed by atoms with Crippen LogP contribution in [-0.2, 0) is 11.3 Å². The van der Waals surface area contributed by atoms with Crippen LogP contribution in [0.15, 0.2) is 18.2 Å². The first-order valence-electron chi connectivity index (χ1n) is 7.65. The van der Waals surface area contributed by atoms with E-state index in [1.165, 1.54) is 13.5 Å². The van der Waals surface area contributed by atoms with Gasteiger partial charge in [0.25, 0.3) is 0 Å². The van der Waals surface area contributed by atoms with Crippen LogP contribution in [-0.4, -0.2) is 30.4 Å². The molecule has 0 spiro atoms. The third-order valence-electron chi connectivity index (χ3n) is 4.61. The molecule has 1 saturated carbocycles. The lowest BCUT2D eigenvalue weighted by atomic mass is 9.78. The van der Waals surface area contributed by atoms with Crippen LogP contribution in [0.5, 0.6) is 5.75 Å². The Morgan fingerprint density at radius 1 is 1.19 bits per heavy atom. The van der Waals surface area contributed by atoms with E-state index in [0.29, 0.717) is 29.8 Å². The molecule has 0 radical (unpaired) electrons. The van der Waals surface area contributed by atoms with Gasteiger partial charge in [-0.2, -0.15) is 0 Å². The normalized spacial score (nSPS) is 25.7. The highest BCUT2D eigenvalue weighted by Gasteiger charge is 2.25. The fourth-order valence-electron chi connectivity index (χ4n) is 2.94. The molecule has 0 saturated heterocycles. The van der Waals surface area contributed by atoms with Gasteiger partial charge in [0.05, 0.1) is 19.8 Å². The molecule has 3 unspecified atom stereocenters. The summed E-state index contributed by atoms with van der Waals surface area (Å²) in [5.41, 5.74) is 1.31. The molecule has 1 aliphatic rings. The second-order valence-electron chi connectivity index (χ2n) is 6.15. The molecule has 116 valence electrons. The largest absolute Gasteiger partial charge is 0.497 e. The topological polar surface area (TPSA) is 58.9 Å². The zero-order valence-corrected chi connectivity index (χ0v) is 13.1. The van der Waals surface area contributed by atoms with Crippen molar-refractivity contribution < 1.29 is 19.5 Å². The zero-order chi connectivity index (χ0) is 15.4. The average molecular weight is 292 g/mol. The Hall–Kier alpha value is -1.04. The van der Waals surface area contributed by atoms with Gasteiger partial charge in [-0.3, -0.25) is 0 Å². The minimum Gasteiger partial charge on any atom is -0.497 e. The van der Waals surface area contributed by atoms with Crippen molar-refractivity contribution in [2.24, 2.45) is 11.8 Å². The summed E-state index contributed by atoms with van der Waals surface area (Å²) < 4.78 is 11.1. The quantitative estimate of drug-likeness (QED) is 0.811. The van der Waals surface area contributed by atoms with Crippen LogP contribution in [0.25, 0.3) is 0 Å². The monoisotopic (exact) mass is 292 g/mol. The van der Waals surface area contributed by atoms with Crippen molar-refractivity contribution in [3.8, 4) is 5.75 Å². The number of ether oxygens (including phenoxy) is 2. The molecule has 0 amide bonds. The van der Waals surface area contributed by atoms with Crippen molar-refractivity contribution in [3.05, 3.63) is 23.8 Å². The van der Waals surface area contributed by atoms with Crippen LogP contribution in [0, 0.1) is 11.8 Å². The number of benzene rings is 1. The second-order valence-corrected chi connectivity index (χ2v) is 6.15. The van der Waals surface area contributed by atoms with E-state index in [1.54, 1.807) is 12.1 Å². The van der Waals surface area contributed by atoms with Crippen LogP contribution < -0.4 is 10.2 Å². The molecule has 3 atom stereocenters. The average Bonchev–Trinajstić information content (AvgIpc) is 2.48. The molecule has 0 aliphatic heterocycles. The van der Waals surface area contributed by atoms with Crippen molar-refractivity contribution in [2.75, 3.05) is 7.11 Å². The zero-order valence-electron chi connectivity index (χ0n) is 13.1.